The van der Waals surface area contributed by atoms with Gasteiger partial charge in [-0.25, -0.2) is 0 Å². The van der Waals surface area contributed by atoms with E-state index >= 15 is 0 Å². The van der Waals surface area contributed by atoms with Gasteiger partial charge < -0.3 is 14.6 Å². The standard InChI is InChI=1S/C24H23N5O4S/c1-15-8-10-18(29(31)32)12-20(15)25-23(30)14-34-24-27-26-22(28(24)3)13-33-21-11-9-17-6-4-5-7-19(17)16(21)2/h4-12H,13-14H2,1-3H3,(H,25,30). The fraction of sp³-hybridized carbons (Fsp3) is 0.208. The summed E-state index contributed by atoms with van der Waals surface area (Å²) in [6, 6.07) is 16.5. The minimum Gasteiger partial charge on any atom is -0.485 e. The first-order valence-electron chi connectivity index (χ1n) is 10.5. The van der Waals surface area contributed by atoms with E-state index in [1.54, 1.807) is 17.6 Å². The molecular formula is C24H23N5O4S. The fourth-order valence-corrected chi connectivity index (χ4v) is 4.21. The summed E-state index contributed by atoms with van der Waals surface area (Å²) in [6.45, 7) is 4.04. The molecule has 1 aromatic heterocycles. The number of nitrogens with zero attached hydrogens (tertiary/aromatic N) is 4. The number of thioether (sulfide) groups is 1. The van der Waals surface area contributed by atoms with E-state index in [1.165, 1.54) is 23.9 Å². The highest BCUT2D eigenvalue weighted by molar-refractivity contribution is 7.99. The molecule has 1 N–H and O–H groups in total. The summed E-state index contributed by atoms with van der Waals surface area (Å²) >= 11 is 1.23. The predicted molar refractivity (Wildman–Crippen MR) is 131 cm³/mol. The largest absolute Gasteiger partial charge is 0.485 e. The number of nitro groups is 1. The first-order valence-corrected chi connectivity index (χ1v) is 11.5. The van der Waals surface area contributed by atoms with E-state index < -0.39 is 4.92 Å². The van der Waals surface area contributed by atoms with Crippen molar-refractivity contribution in [1.29, 1.82) is 0 Å². The van der Waals surface area contributed by atoms with Crippen LogP contribution in [0.4, 0.5) is 11.4 Å². The minimum absolute atomic E-state index is 0.0758. The number of amides is 1. The van der Waals surface area contributed by atoms with Crippen LogP contribution in [0.3, 0.4) is 0 Å². The second kappa shape index (κ2) is 9.92. The van der Waals surface area contributed by atoms with Gasteiger partial charge in [-0.1, -0.05) is 48.2 Å². The van der Waals surface area contributed by atoms with Crippen LogP contribution in [0.1, 0.15) is 17.0 Å². The van der Waals surface area contributed by atoms with E-state index in [1.807, 2.05) is 38.2 Å². The molecule has 4 rings (SSSR count). The zero-order valence-corrected chi connectivity index (χ0v) is 19.8. The molecule has 34 heavy (non-hydrogen) atoms. The van der Waals surface area contributed by atoms with E-state index in [9.17, 15) is 14.9 Å². The Hall–Kier alpha value is -3.92. The van der Waals surface area contributed by atoms with Gasteiger partial charge in [-0.2, -0.15) is 0 Å². The predicted octanol–water partition coefficient (Wildman–Crippen LogP) is 4.80. The monoisotopic (exact) mass is 477 g/mol. The third-order valence-corrected chi connectivity index (χ3v) is 6.49. The molecule has 174 valence electrons. The van der Waals surface area contributed by atoms with Crippen molar-refractivity contribution in [2.45, 2.75) is 25.6 Å². The fourth-order valence-electron chi connectivity index (χ4n) is 3.48. The number of anilines is 1. The molecule has 0 fully saturated rings. The van der Waals surface area contributed by atoms with Gasteiger partial charge in [0.1, 0.15) is 12.4 Å². The lowest BCUT2D eigenvalue weighted by Gasteiger charge is -2.11. The topological polar surface area (TPSA) is 112 Å². The summed E-state index contributed by atoms with van der Waals surface area (Å²) in [5, 5.41) is 24.9. The smallest absolute Gasteiger partial charge is 0.271 e. The van der Waals surface area contributed by atoms with Crippen LogP contribution in [0.2, 0.25) is 0 Å². The highest BCUT2D eigenvalue weighted by Gasteiger charge is 2.15. The number of non-ortho nitro benzene ring substituents is 1. The number of hydrogen-bond donors (Lipinski definition) is 1. The zero-order chi connectivity index (χ0) is 24.2. The molecule has 0 aliphatic rings. The van der Waals surface area contributed by atoms with Crippen molar-refractivity contribution in [3.05, 3.63) is 81.7 Å². The molecule has 4 aromatic rings. The lowest BCUT2D eigenvalue weighted by molar-refractivity contribution is -0.384. The SMILES string of the molecule is Cc1ccc([N+](=O)[O-])cc1NC(=O)CSc1nnc(COc2ccc3ccccc3c2C)n1C. The van der Waals surface area contributed by atoms with E-state index in [2.05, 4.69) is 27.6 Å². The molecule has 1 heterocycles. The summed E-state index contributed by atoms with van der Waals surface area (Å²) in [4.78, 5) is 22.9. The van der Waals surface area contributed by atoms with Crippen molar-refractivity contribution < 1.29 is 14.5 Å². The lowest BCUT2D eigenvalue weighted by Crippen LogP contribution is -2.15. The summed E-state index contributed by atoms with van der Waals surface area (Å²) in [5.41, 5.74) is 2.14. The van der Waals surface area contributed by atoms with Gasteiger partial charge in [0.25, 0.3) is 5.69 Å². The number of carbonyl (C=O) groups excluding carboxylic acids is 1. The number of nitrogens with one attached hydrogen (secondary N) is 1. The molecule has 0 saturated carbocycles. The van der Waals surface area contributed by atoms with Crippen molar-refractivity contribution in [2.24, 2.45) is 7.05 Å². The molecule has 0 atom stereocenters. The van der Waals surface area contributed by atoms with Gasteiger partial charge in [-0.15, -0.1) is 10.2 Å². The van der Waals surface area contributed by atoms with Crippen molar-refractivity contribution in [1.82, 2.24) is 14.8 Å². The van der Waals surface area contributed by atoms with Crippen LogP contribution in [0.25, 0.3) is 10.8 Å². The van der Waals surface area contributed by atoms with E-state index in [4.69, 9.17) is 4.74 Å². The molecule has 0 spiro atoms. The average molecular weight is 478 g/mol. The first kappa shape index (κ1) is 23.2. The highest BCUT2D eigenvalue weighted by atomic mass is 32.2. The molecule has 0 radical (unpaired) electrons. The first-order chi connectivity index (χ1) is 16.3. The quantitative estimate of drug-likeness (QED) is 0.220. The Kier molecular flexibility index (Phi) is 6.78. The normalized spacial score (nSPS) is 10.9. The van der Waals surface area contributed by atoms with E-state index in [-0.39, 0.29) is 24.0 Å². The number of ether oxygens (including phenoxy) is 1. The average Bonchev–Trinajstić information content (AvgIpc) is 3.18. The van der Waals surface area contributed by atoms with Crippen molar-refractivity contribution in [3.63, 3.8) is 0 Å². The molecule has 0 aliphatic carbocycles. The van der Waals surface area contributed by atoms with Gasteiger partial charge in [0.15, 0.2) is 11.0 Å². The van der Waals surface area contributed by atoms with Crippen molar-refractivity contribution in [2.75, 3.05) is 11.1 Å². The van der Waals surface area contributed by atoms with Crippen LogP contribution >= 0.6 is 11.8 Å². The van der Waals surface area contributed by atoms with Crippen LogP contribution in [-0.2, 0) is 18.4 Å². The molecular weight excluding hydrogens is 454 g/mol. The van der Waals surface area contributed by atoms with E-state index in [0.29, 0.717) is 16.7 Å². The number of hydrogen-bond acceptors (Lipinski definition) is 7. The number of benzene rings is 3. The molecule has 9 nitrogen and oxygen atoms in total. The Labute approximate surface area is 200 Å². The lowest BCUT2D eigenvalue weighted by atomic mass is 10.0. The Balaban J connectivity index is 1.37. The molecule has 1 amide bonds. The summed E-state index contributed by atoms with van der Waals surface area (Å²) in [7, 11) is 1.82. The maximum atomic E-state index is 12.4. The zero-order valence-electron chi connectivity index (χ0n) is 18.9. The van der Waals surface area contributed by atoms with Gasteiger partial charge in [-0.05, 0) is 41.8 Å². The molecule has 3 aromatic carbocycles. The Bertz CT molecular complexity index is 1390. The Morgan fingerprint density at radius 1 is 1.15 bits per heavy atom. The minimum atomic E-state index is -0.494. The number of nitro benzene ring substituents is 1. The number of aromatic nitrogens is 3. The molecule has 10 heteroatoms. The van der Waals surface area contributed by atoms with Crippen molar-refractivity contribution >= 4 is 39.8 Å². The molecule has 0 bridgehead atoms. The third-order valence-electron chi connectivity index (χ3n) is 5.47. The summed E-state index contributed by atoms with van der Waals surface area (Å²) in [5.74, 6) is 1.20. The summed E-state index contributed by atoms with van der Waals surface area (Å²) < 4.78 is 7.79. The van der Waals surface area contributed by atoms with Gasteiger partial charge in [-0.3, -0.25) is 14.9 Å². The highest BCUT2D eigenvalue weighted by Crippen LogP contribution is 2.28. The second-order valence-corrected chi connectivity index (χ2v) is 8.69. The van der Waals surface area contributed by atoms with E-state index in [0.717, 1.165) is 27.6 Å². The maximum absolute atomic E-state index is 12.4. The summed E-state index contributed by atoms with van der Waals surface area (Å²) in [6.07, 6.45) is 0. The Morgan fingerprint density at radius 3 is 2.74 bits per heavy atom. The second-order valence-electron chi connectivity index (χ2n) is 7.75. The Morgan fingerprint density at radius 2 is 1.94 bits per heavy atom. The third kappa shape index (κ3) is 5.01. The van der Waals surface area contributed by atoms with Crippen LogP contribution in [0, 0.1) is 24.0 Å². The maximum Gasteiger partial charge on any atom is 0.271 e. The number of rotatable bonds is 8. The molecule has 0 aliphatic heterocycles. The van der Waals surface area contributed by atoms with Crippen LogP contribution < -0.4 is 10.1 Å². The number of fused-ring (bicyclic) bond motifs is 1. The van der Waals surface area contributed by atoms with Crippen LogP contribution in [0.15, 0.2) is 59.8 Å². The van der Waals surface area contributed by atoms with Gasteiger partial charge in [0.05, 0.1) is 16.4 Å². The molecule has 0 saturated heterocycles. The van der Waals surface area contributed by atoms with Gasteiger partial charge in [0.2, 0.25) is 5.91 Å². The van der Waals surface area contributed by atoms with Crippen molar-refractivity contribution in [3.8, 4) is 5.75 Å². The molecule has 0 unspecified atom stereocenters. The van der Waals surface area contributed by atoms with Gasteiger partial charge in [0, 0.05) is 19.2 Å². The number of aryl methyl sites for hydroxylation is 2. The number of carbonyl (C=O) groups is 1. The van der Waals surface area contributed by atoms with Crippen LogP contribution in [-0.4, -0.2) is 31.3 Å². The van der Waals surface area contributed by atoms with Crippen LogP contribution in [0.5, 0.6) is 5.75 Å². The van der Waals surface area contributed by atoms with Gasteiger partial charge >= 0.3 is 0 Å².